The van der Waals surface area contributed by atoms with Crippen molar-refractivity contribution in [3.63, 3.8) is 0 Å². The molecule has 14 heteroatoms. The number of halogens is 3. The summed E-state index contributed by atoms with van der Waals surface area (Å²) in [6.07, 6.45) is 0. The van der Waals surface area contributed by atoms with Crippen molar-refractivity contribution < 1.29 is 8.42 Å². The Hall–Kier alpha value is -2.60. The number of nitrogens with one attached hydrogen (secondary N) is 4. The zero-order valence-corrected chi connectivity index (χ0v) is 19.7. The molecule has 3 aromatic rings. The second-order valence-corrected chi connectivity index (χ2v) is 8.51. The normalized spacial score (nSPS) is 10.5. The molecule has 0 spiro atoms. The molecule has 0 saturated heterocycles. The Labute approximate surface area is 194 Å². The number of benzene rings is 1. The summed E-state index contributed by atoms with van der Waals surface area (Å²) in [6, 6.07) is 8.95. The minimum atomic E-state index is -3.77. The highest BCUT2D eigenvalue weighted by molar-refractivity contribution is 7.92. The fourth-order valence-electron chi connectivity index (χ4n) is 2.07. The van der Waals surface area contributed by atoms with Gasteiger partial charge in [-0.2, -0.15) is 9.97 Å². The van der Waals surface area contributed by atoms with Gasteiger partial charge in [-0.05, 0) is 18.2 Å². The molecular formula is C17H19Cl3N8O2S. The first-order valence-electron chi connectivity index (χ1n) is 8.57. The van der Waals surface area contributed by atoms with E-state index in [-0.39, 0.29) is 10.7 Å². The van der Waals surface area contributed by atoms with Crippen molar-refractivity contribution in [1.29, 1.82) is 0 Å². The Bertz CT molecular complexity index is 1110. The minimum absolute atomic E-state index is 0.0608. The van der Waals surface area contributed by atoms with Crippen LogP contribution in [0.1, 0.15) is 0 Å². The van der Waals surface area contributed by atoms with Crippen LogP contribution in [0.4, 0.5) is 23.5 Å². The van der Waals surface area contributed by atoms with Gasteiger partial charge in [0.1, 0.15) is 21.9 Å². The Morgan fingerprint density at radius 2 is 1.32 bits per heavy atom. The van der Waals surface area contributed by atoms with Crippen molar-refractivity contribution in [2.45, 2.75) is 4.90 Å². The fraction of sp³-hybridized carbons (Fsp3) is 0.176. The van der Waals surface area contributed by atoms with E-state index in [9.17, 15) is 8.42 Å². The van der Waals surface area contributed by atoms with Crippen molar-refractivity contribution in [3.05, 3.63) is 51.7 Å². The number of sulfonamides is 1. The smallest absolute Gasteiger partial charge is 0.263 e. The molecule has 0 aliphatic heterocycles. The van der Waals surface area contributed by atoms with Crippen molar-refractivity contribution in [2.75, 3.05) is 41.8 Å². The van der Waals surface area contributed by atoms with Gasteiger partial charge in [0, 0.05) is 38.3 Å². The van der Waals surface area contributed by atoms with Crippen LogP contribution in [0.2, 0.25) is 15.3 Å². The first-order valence-corrected chi connectivity index (χ1v) is 11.2. The van der Waals surface area contributed by atoms with Crippen LogP contribution in [0, 0.1) is 0 Å². The van der Waals surface area contributed by atoms with Crippen LogP contribution in [-0.2, 0) is 10.0 Å². The minimum Gasteiger partial charge on any atom is -0.373 e. The lowest BCUT2D eigenvalue weighted by molar-refractivity contribution is 0.601. The van der Waals surface area contributed by atoms with E-state index >= 15 is 0 Å². The van der Waals surface area contributed by atoms with Gasteiger partial charge in [-0.15, -0.1) is 0 Å². The molecule has 0 radical (unpaired) electrons. The predicted octanol–water partition coefficient (Wildman–Crippen LogP) is 3.84. The van der Waals surface area contributed by atoms with Crippen LogP contribution in [0.5, 0.6) is 0 Å². The highest BCUT2D eigenvalue weighted by atomic mass is 35.5. The van der Waals surface area contributed by atoms with Gasteiger partial charge < -0.3 is 16.0 Å². The lowest BCUT2D eigenvalue weighted by Crippen LogP contribution is -2.15. The summed E-state index contributed by atoms with van der Waals surface area (Å²) in [5.41, 5.74) is 0. The summed E-state index contributed by atoms with van der Waals surface area (Å²) in [4.78, 5) is 15.8. The number of nitrogens with zero attached hydrogens (tertiary/aromatic N) is 4. The van der Waals surface area contributed by atoms with Crippen LogP contribution in [0.3, 0.4) is 0 Å². The lowest BCUT2D eigenvalue weighted by atomic mass is 10.4. The first kappa shape index (κ1) is 24.7. The van der Waals surface area contributed by atoms with E-state index in [1.165, 1.54) is 24.3 Å². The third-order valence-electron chi connectivity index (χ3n) is 3.44. The fourth-order valence-corrected chi connectivity index (χ4v) is 3.79. The third kappa shape index (κ3) is 7.55. The van der Waals surface area contributed by atoms with Crippen LogP contribution in [0.25, 0.3) is 0 Å². The highest BCUT2D eigenvalue weighted by Crippen LogP contribution is 2.20. The molecular weight excluding hydrogens is 487 g/mol. The standard InChI is InChI=1S/C12H14ClN5O2S.C5H5Cl2N3/c1-14-10-7-11(17-12(15-2)16-10)18-21(19,20)9-5-3-4-8(13)6-9;1-8-5-9-3(6)2-4(7)10-5/h3-7H,1-2H3,(H3,14,15,16,17,18);2H,1H3,(H,8,9,10). The number of anilines is 4. The summed E-state index contributed by atoms with van der Waals surface area (Å²) >= 11 is 16.9. The molecule has 0 aliphatic rings. The van der Waals surface area contributed by atoms with E-state index in [1.54, 1.807) is 33.3 Å². The molecule has 3 rings (SSSR count). The van der Waals surface area contributed by atoms with Gasteiger partial charge in [-0.1, -0.05) is 40.9 Å². The number of hydrogen-bond acceptors (Lipinski definition) is 9. The van der Waals surface area contributed by atoms with E-state index in [2.05, 4.69) is 40.6 Å². The number of aromatic nitrogens is 4. The van der Waals surface area contributed by atoms with E-state index < -0.39 is 10.0 Å². The zero-order valence-electron chi connectivity index (χ0n) is 16.6. The first-order chi connectivity index (χ1) is 14.7. The average Bonchev–Trinajstić information content (AvgIpc) is 2.72. The molecule has 0 atom stereocenters. The molecule has 0 fully saturated rings. The summed E-state index contributed by atoms with van der Waals surface area (Å²) in [5.74, 6) is 1.36. The molecule has 0 aliphatic carbocycles. The maximum absolute atomic E-state index is 12.3. The average molecular weight is 506 g/mol. The van der Waals surface area contributed by atoms with Crippen molar-refractivity contribution in [2.24, 2.45) is 0 Å². The number of rotatable bonds is 6. The third-order valence-corrected chi connectivity index (χ3v) is 5.41. The molecule has 0 bridgehead atoms. The summed E-state index contributed by atoms with van der Waals surface area (Å²) < 4.78 is 27.0. The summed E-state index contributed by atoms with van der Waals surface area (Å²) in [5, 5.41) is 9.32. The molecule has 0 unspecified atom stereocenters. The quantitative estimate of drug-likeness (QED) is 0.369. The highest BCUT2D eigenvalue weighted by Gasteiger charge is 2.16. The van der Waals surface area contributed by atoms with Crippen molar-refractivity contribution >= 4 is 68.4 Å². The molecule has 2 aromatic heterocycles. The lowest BCUT2D eigenvalue weighted by Gasteiger charge is -2.10. The van der Waals surface area contributed by atoms with Gasteiger partial charge in [0.2, 0.25) is 11.9 Å². The van der Waals surface area contributed by atoms with E-state index in [0.29, 0.717) is 33.0 Å². The van der Waals surface area contributed by atoms with Gasteiger partial charge in [0.05, 0.1) is 4.90 Å². The van der Waals surface area contributed by atoms with E-state index in [0.717, 1.165) is 0 Å². The maximum atomic E-state index is 12.3. The predicted molar refractivity (Wildman–Crippen MR) is 125 cm³/mol. The topological polar surface area (TPSA) is 134 Å². The Morgan fingerprint density at radius 1 is 0.742 bits per heavy atom. The molecule has 4 N–H and O–H groups in total. The Morgan fingerprint density at radius 3 is 1.87 bits per heavy atom. The zero-order chi connectivity index (χ0) is 23.0. The second-order valence-electron chi connectivity index (χ2n) is 5.61. The van der Waals surface area contributed by atoms with Crippen LogP contribution < -0.4 is 20.7 Å². The van der Waals surface area contributed by atoms with E-state index in [4.69, 9.17) is 34.8 Å². The van der Waals surface area contributed by atoms with Gasteiger partial charge in [-0.3, -0.25) is 4.72 Å². The Balaban J connectivity index is 0.000000285. The van der Waals surface area contributed by atoms with Gasteiger partial charge >= 0.3 is 0 Å². The van der Waals surface area contributed by atoms with Gasteiger partial charge in [0.15, 0.2) is 0 Å². The summed E-state index contributed by atoms with van der Waals surface area (Å²) in [7, 11) is 1.25. The maximum Gasteiger partial charge on any atom is 0.263 e. The largest absolute Gasteiger partial charge is 0.373 e. The second kappa shape index (κ2) is 11.1. The monoisotopic (exact) mass is 504 g/mol. The van der Waals surface area contributed by atoms with Crippen molar-refractivity contribution in [3.8, 4) is 0 Å². The molecule has 0 saturated carbocycles. The van der Waals surface area contributed by atoms with Crippen LogP contribution in [0.15, 0.2) is 41.3 Å². The molecule has 10 nitrogen and oxygen atoms in total. The molecule has 2 heterocycles. The number of hydrogen-bond donors (Lipinski definition) is 4. The van der Waals surface area contributed by atoms with Crippen molar-refractivity contribution in [1.82, 2.24) is 19.9 Å². The van der Waals surface area contributed by atoms with Crippen LogP contribution >= 0.6 is 34.8 Å². The summed E-state index contributed by atoms with van der Waals surface area (Å²) in [6.45, 7) is 0. The van der Waals surface area contributed by atoms with Gasteiger partial charge in [-0.25, -0.2) is 18.4 Å². The van der Waals surface area contributed by atoms with Crippen LogP contribution in [-0.4, -0.2) is 49.5 Å². The molecule has 0 amide bonds. The van der Waals surface area contributed by atoms with Gasteiger partial charge in [0.25, 0.3) is 10.0 Å². The molecule has 166 valence electrons. The Kier molecular flexibility index (Phi) is 8.87. The molecule has 31 heavy (non-hydrogen) atoms. The molecule has 1 aromatic carbocycles. The van der Waals surface area contributed by atoms with E-state index in [1.807, 2.05) is 0 Å². The SMILES string of the molecule is CNc1cc(NS(=O)(=O)c2cccc(Cl)c2)nc(NC)n1.CNc1nc(Cl)cc(Cl)n1.